The van der Waals surface area contributed by atoms with Crippen LogP contribution in [0.3, 0.4) is 0 Å². The van der Waals surface area contributed by atoms with Crippen molar-refractivity contribution in [1.29, 1.82) is 0 Å². The molecular weight excluding hydrogens is 400 g/mol. The Labute approximate surface area is 199 Å². The van der Waals surface area contributed by atoms with Crippen molar-refractivity contribution in [2.45, 2.75) is 162 Å². The molecule has 4 nitrogen and oxygen atoms in total. The fourth-order valence-corrected chi connectivity index (χ4v) is 4.01. The van der Waals surface area contributed by atoms with Crippen molar-refractivity contribution in [1.82, 2.24) is 0 Å². The highest BCUT2D eigenvalue weighted by molar-refractivity contribution is 5.91. The first kappa shape index (κ1) is 30.9. The van der Waals surface area contributed by atoms with Crippen molar-refractivity contribution in [3.63, 3.8) is 0 Å². The summed E-state index contributed by atoms with van der Waals surface area (Å²) in [7, 11) is 0. The van der Waals surface area contributed by atoms with Crippen LogP contribution < -0.4 is 0 Å². The lowest BCUT2D eigenvalue weighted by atomic mass is 10.0. The largest absolute Gasteiger partial charge is 0.465 e. The zero-order chi connectivity index (χ0) is 23.7. The molecule has 0 N–H and O–H groups in total. The second-order valence-electron chi connectivity index (χ2n) is 9.36. The summed E-state index contributed by atoms with van der Waals surface area (Å²) >= 11 is 0. The lowest BCUT2D eigenvalue weighted by Crippen LogP contribution is -2.21. The summed E-state index contributed by atoms with van der Waals surface area (Å²) in [5.41, 5.74) is 0. The summed E-state index contributed by atoms with van der Waals surface area (Å²) in [4.78, 5) is 23.6. The van der Waals surface area contributed by atoms with Crippen molar-refractivity contribution in [2.75, 3.05) is 6.61 Å². The Morgan fingerprint density at radius 1 is 0.562 bits per heavy atom. The maximum absolute atomic E-state index is 11.8. The molecule has 0 spiro atoms. The van der Waals surface area contributed by atoms with Gasteiger partial charge in [0.1, 0.15) is 12.5 Å². The number of ether oxygens (including phenoxy) is 2. The molecule has 0 aromatic rings. The van der Waals surface area contributed by atoms with Crippen molar-refractivity contribution in [2.24, 2.45) is 0 Å². The molecule has 1 atom stereocenters. The first-order chi connectivity index (χ1) is 15.6. The summed E-state index contributed by atoms with van der Waals surface area (Å²) in [6, 6.07) is 0. The topological polar surface area (TPSA) is 52.6 Å². The van der Waals surface area contributed by atoms with E-state index in [0.29, 0.717) is 6.61 Å². The van der Waals surface area contributed by atoms with E-state index in [9.17, 15) is 9.59 Å². The van der Waals surface area contributed by atoms with E-state index in [-0.39, 0.29) is 12.5 Å². The first-order valence-electron chi connectivity index (χ1n) is 14.0. The van der Waals surface area contributed by atoms with Crippen LogP contribution in [0, 0.1) is 0 Å². The zero-order valence-electron chi connectivity index (χ0n) is 21.8. The average molecular weight is 455 g/mol. The van der Waals surface area contributed by atoms with E-state index in [1.165, 1.54) is 89.9 Å². The summed E-state index contributed by atoms with van der Waals surface area (Å²) in [6.45, 7) is 6.81. The van der Waals surface area contributed by atoms with Crippen LogP contribution in [0.1, 0.15) is 156 Å². The Morgan fingerprint density at radius 3 is 1.44 bits per heavy atom. The summed E-state index contributed by atoms with van der Waals surface area (Å²) in [5.74, 6) is -0.911. The Balaban J connectivity index is 3.37. The van der Waals surface area contributed by atoms with Crippen LogP contribution in [-0.2, 0) is 19.1 Å². The van der Waals surface area contributed by atoms with Crippen molar-refractivity contribution in [3.05, 3.63) is 0 Å². The molecule has 0 saturated carbocycles. The minimum atomic E-state index is -0.457. The molecule has 0 fully saturated rings. The number of esters is 2. The molecule has 0 aliphatic rings. The fraction of sp³-hybridized carbons (Fsp3) is 0.929. The van der Waals surface area contributed by atoms with Crippen LogP contribution in [0.25, 0.3) is 0 Å². The lowest BCUT2D eigenvalue weighted by Gasteiger charge is -2.15. The molecule has 0 aromatic carbocycles. The number of unbranched alkanes of at least 4 members (excludes halogenated alkanes) is 16. The molecular formula is C28H54O4. The van der Waals surface area contributed by atoms with E-state index >= 15 is 0 Å². The minimum Gasteiger partial charge on any atom is -0.465 e. The Kier molecular flexibility index (Phi) is 23.8. The predicted molar refractivity (Wildman–Crippen MR) is 135 cm³/mol. The second kappa shape index (κ2) is 24.6. The zero-order valence-corrected chi connectivity index (χ0v) is 21.8. The van der Waals surface area contributed by atoms with E-state index in [2.05, 4.69) is 13.8 Å². The second-order valence-corrected chi connectivity index (χ2v) is 9.36. The van der Waals surface area contributed by atoms with Crippen LogP contribution in [0.5, 0.6) is 0 Å². The molecule has 190 valence electrons. The van der Waals surface area contributed by atoms with Gasteiger partial charge in [0.05, 0.1) is 6.61 Å². The molecule has 0 aliphatic heterocycles. The van der Waals surface area contributed by atoms with Crippen molar-refractivity contribution < 1.29 is 19.1 Å². The van der Waals surface area contributed by atoms with Gasteiger partial charge in [0.2, 0.25) is 0 Å². The van der Waals surface area contributed by atoms with Gasteiger partial charge in [0.15, 0.2) is 0 Å². The molecule has 1 unspecified atom stereocenters. The first-order valence-corrected chi connectivity index (χ1v) is 14.0. The van der Waals surface area contributed by atoms with E-state index in [1.54, 1.807) is 0 Å². The van der Waals surface area contributed by atoms with E-state index in [0.717, 1.165) is 38.5 Å². The summed E-state index contributed by atoms with van der Waals surface area (Å²) < 4.78 is 10.6. The van der Waals surface area contributed by atoms with Gasteiger partial charge in [0, 0.05) is 0 Å². The third-order valence-corrected chi connectivity index (χ3v) is 6.18. The molecule has 4 heteroatoms. The minimum absolute atomic E-state index is 0.0735. The fourth-order valence-electron chi connectivity index (χ4n) is 4.01. The molecule has 0 aromatic heterocycles. The number of carbonyl (C=O) groups is 2. The monoisotopic (exact) mass is 454 g/mol. The molecule has 0 amide bonds. The van der Waals surface area contributed by atoms with Crippen LogP contribution in [0.4, 0.5) is 0 Å². The quantitative estimate of drug-likeness (QED) is 0.0831. The number of hydrogen-bond acceptors (Lipinski definition) is 4. The van der Waals surface area contributed by atoms with Gasteiger partial charge in [-0.1, -0.05) is 130 Å². The van der Waals surface area contributed by atoms with E-state index < -0.39 is 11.9 Å². The van der Waals surface area contributed by atoms with Crippen molar-refractivity contribution >= 4 is 11.9 Å². The molecule has 0 saturated heterocycles. The van der Waals surface area contributed by atoms with Gasteiger partial charge < -0.3 is 9.47 Å². The number of rotatable bonds is 24. The molecule has 0 rings (SSSR count). The third kappa shape index (κ3) is 22.1. The van der Waals surface area contributed by atoms with Gasteiger partial charge in [-0.05, 0) is 19.3 Å². The normalized spacial score (nSPS) is 12.0. The highest BCUT2D eigenvalue weighted by Gasteiger charge is 2.16. The molecule has 0 radical (unpaired) electrons. The summed E-state index contributed by atoms with van der Waals surface area (Å²) in [6.07, 6.45) is 24.6. The van der Waals surface area contributed by atoms with Crippen LogP contribution >= 0.6 is 0 Å². The van der Waals surface area contributed by atoms with E-state index in [1.807, 2.05) is 6.92 Å². The predicted octanol–water partition coefficient (Wildman–Crippen LogP) is 8.69. The van der Waals surface area contributed by atoms with Crippen LogP contribution in [-0.4, -0.2) is 24.6 Å². The smallest absolute Gasteiger partial charge is 0.317 e. The van der Waals surface area contributed by atoms with Gasteiger partial charge >= 0.3 is 11.9 Å². The Hall–Kier alpha value is -1.06. The van der Waals surface area contributed by atoms with Crippen molar-refractivity contribution in [3.8, 4) is 0 Å². The Bertz CT molecular complexity index is 422. The third-order valence-electron chi connectivity index (χ3n) is 6.18. The molecule has 0 heterocycles. The Morgan fingerprint density at radius 2 is 1.00 bits per heavy atom. The number of carbonyl (C=O) groups excluding carboxylic acids is 2. The van der Waals surface area contributed by atoms with E-state index in [4.69, 9.17) is 9.47 Å². The highest BCUT2D eigenvalue weighted by atomic mass is 16.6. The van der Waals surface area contributed by atoms with Crippen LogP contribution in [0.2, 0.25) is 0 Å². The van der Waals surface area contributed by atoms with Gasteiger partial charge in [-0.25, -0.2) is 0 Å². The lowest BCUT2D eigenvalue weighted by molar-refractivity contribution is -0.158. The standard InChI is InChI=1S/C28H54O4/c1-4-7-9-10-11-12-13-14-15-16-17-18-19-20-21-22-24-31-27(29)25-28(30)32-26(6-3)23-8-5-2/h26H,4-25H2,1-3H3. The maximum Gasteiger partial charge on any atom is 0.317 e. The average Bonchev–Trinajstić information content (AvgIpc) is 2.78. The molecule has 32 heavy (non-hydrogen) atoms. The van der Waals surface area contributed by atoms with Gasteiger partial charge in [-0.15, -0.1) is 0 Å². The van der Waals surface area contributed by atoms with Gasteiger partial charge in [-0.2, -0.15) is 0 Å². The number of hydrogen-bond donors (Lipinski definition) is 0. The van der Waals surface area contributed by atoms with Gasteiger partial charge in [0.25, 0.3) is 0 Å². The summed E-state index contributed by atoms with van der Waals surface area (Å²) in [5, 5.41) is 0. The highest BCUT2D eigenvalue weighted by Crippen LogP contribution is 2.14. The van der Waals surface area contributed by atoms with Crippen LogP contribution in [0.15, 0.2) is 0 Å². The molecule has 0 aliphatic carbocycles. The van der Waals surface area contributed by atoms with Gasteiger partial charge in [-0.3, -0.25) is 9.59 Å². The SMILES string of the molecule is CCCCCCCCCCCCCCCCCCOC(=O)CC(=O)OC(CC)CCCC. The maximum atomic E-state index is 11.8. The molecule has 0 bridgehead atoms.